The van der Waals surface area contributed by atoms with Crippen molar-refractivity contribution in [2.24, 2.45) is 5.18 Å². The summed E-state index contributed by atoms with van der Waals surface area (Å²) >= 11 is 0. The first kappa shape index (κ1) is 17.6. The number of anilines is 1. The number of amides is 1. The first-order valence-corrected chi connectivity index (χ1v) is 8.64. The van der Waals surface area contributed by atoms with E-state index < -0.39 is 0 Å². The number of hydrogen-bond acceptors (Lipinski definition) is 4. The van der Waals surface area contributed by atoms with Crippen molar-refractivity contribution in [3.8, 4) is 0 Å². The van der Waals surface area contributed by atoms with Gasteiger partial charge in [0.15, 0.2) is 0 Å². The average molecular weight is 347 g/mol. The Morgan fingerprint density at radius 1 is 0.885 bits per heavy atom. The molecule has 0 spiro atoms. The highest BCUT2D eigenvalue weighted by atomic mass is 16.3. The van der Waals surface area contributed by atoms with Crippen molar-refractivity contribution in [2.45, 2.75) is 0 Å². The maximum absolute atomic E-state index is 12.3. The molecule has 132 valence electrons. The number of benzene rings is 2. The Hall–Kier alpha value is -3.21. The van der Waals surface area contributed by atoms with Gasteiger partial charge in [0.25, 0.3) is 0 Å². The Labute approximate surface area is 153 Å². The first-order chi connectivity index (χ1) is 12.8. The van der Waals surface area contributed by atoms with Crippen LogP contribution < -0.4 is 4.90 Å². The number of nitroso groups, excluding NO2 is 1. The molecule has 0 aromatic heterocycles. The van der Waals surface area contributed by atoms with Crippen LogP contribution >= 0.6 is 0 Å². The number of hydrogen-bond donors (Lipinski definition) is 0. The number of piperazine rings is 1. The fourth-order valence-corrected chi connectivity index (χ4v) is 2.94. The average Bonchev–Trinajstić information content (AvgIpc) is 2.72. The van der Waals surface area contributed by atoms with Gasteiger partial charge >= 0.3 is 0 Å². The highest BCUT2D eigenvalue weighted by Gasteiger charge is 2.19. The van der Waals surface area contributed by atoms with Crippen molar-refractivity contribution in [2.75, 3.05) is 31.1 Å². The van der Waals surface area contributed by atoms with Gasteiger partial charge in [-0.1, -0.05) is 54.6 Å². The molecule has 1 heterocycles. The number of allylic oxidation sites excluding steroid dienone is 2. The molecule has 3 rings (SSSR count). The van der Waals surface area contributed by atoms with Gasteiger partial charge in [-0.2, -0.15) is 0 Å². The monoisotopic (exact) mass is 347 g/mol. The number of para-hydroxylation sites is 1. The molecule has 1 amide bonds. The predicted molar refractivity (Wildman–Crippen MR) is 105 cm³/mol. The molecule has 0 bridgehead atoms. The van der Waals surface area contributed by atoms with Crippen LogP contribution in [0.3, 0.4) is 0 Å². The van der Waals surface area contributed by atoms with E-state index in [1.165, 1.54) is 5.69 Å². The van der Waals surface area contributed by atoms with E-state index in [4.69, 9.17) is 0 Å². The number of carbonyl (C=O) groups is 1. The molecule has 5 heteroatoms. The van der Waals surface area contributed by atoms with Gasteiger partial charge in [0.05, 0.1) is 0 Å². The van der Waals surface area contributed by atoms with Gasteiger partial charge in [0, 0.05) is 43.5 Å². The van der Waals surface area contributed by atoms with E-state index in [0.29, 0.717) is 18.8 Å². The molecule has 5 nitrogen and oxygen atoms in total. The molecule has 26 heavy (non-hydrogen) atoms. The quantitative estimate of drug-likeness (QED) is 0.467. The second-order valence-electron chi connectivity index (χ2n) is 6.02. The minimum atomic E-state index is 0.00385. The molecule has 2 aromatic rings. The molecule has 2 aromatic carbocycles. The summed E-state index contributed by atoms with van der Waals surface area (Å²) in [5, 5.41) is 2.98. The van der Waals surface area contributed by atoms with E-state index in [2.05, 4.69) is 22.2 Å². The molecular formula is C21H21N3O2. The Morgan fingerprint density at radius 3 is 2.31 bits per heavy atom. The maximum Gasteiger partial charge on any atom is 0.246 e. The molecule has 0 saturated carbocycles. The van der Waals surface area contributed by atoms with Crippen LogP contribution in [0.5, 0.6) is 0 Å². The van der Waals surface area contributed by atoms with Crippen LogP contribution in [-0.4, -0.2) is 37.0 Å². The topological polar surface area (TPSA) is 53.0 Å². The highest BCUT2D eigenvalue weighted by molar-refractivity contribution is 5.88. The third kappa shape index (κ3) is 4.45. The fraction of sp³-hybridized carbons (Fsp3) is 0.190. The Kier molecular flexibility index (Phi) is 5.93. The van der Waals surface area contributed by atoms with Crippen molar-refractivity contribution < 1.29 is 4.79 Å². The highest BCUT2D eigenvalue weighted by Crippen LogP contribution is 2.19. The van der Waals surface area contributed by atoms with E-state index in [1.54, 1.807) is 36.4 Å². The van der Waals surface area contributed by atoms with E-state index >= 15 is 0 Å². The van der Waals surface area contributed by atoms with Crippen LogP contribution in [-0.2, 0) is 4.79 Å². The summed E-state index contributed by atoms with van der Waals surface area (Å²) in [5.41, 5.74) is 2.32. The molecule has 1 aliphatic rings. The minimum Gasteiger partial charge on any atom is -0.368 e. The second kappa shape index (κ2) is 8.76. The van der Waals surface area contributed by atoms with E-state index in [0.717, 1.165) is 18.7 Å². The Morgan fingerprint density at radius 2 is 1.58 bits per heavy atom. The summed E-state index contributed by atoms with van der Waals surface area (Å²) in [6.45, 7) is 3.08. The van der Waals surface area contributed by atoms with Gasteiger partial charge < -0.3 is 9.80 Å². The van der Waals surface area contributed by atoms with E-state index in [-0.39, 0.29) is 5.91 Å². The molecule has 0 aliphatic carbocycles. The molecule has 0 N–H and O–H groups in total. The molecule has 0 radical (unpaired) electrons. The van der Waals surface area contributed by atoms with Gasteiger partial charge in [-0.25, -0.2) is 0 Å². The molecule has 1 aliphatic heterocycles. The SMILES string of the molecule is O=Nc1ccccc1/C=C/C=C/C(=O)N1CCN(c2ccccc2)CC1. The second-order valence-corrected chi connectivity index (χ2v) is 6.02. The Balaban J connectivity index is 1.52. The lowest BCUT2D eigenvalue weighted by Gasteiger charge is -2.35. The van der Waals surface area contributed by atoms with Crippen LogP contribution in [0.15, 0.2) is 78.0 Å². The molecule has 1 saturated heterocycles. The summed E-state index contributed by atoms with van der Waals surface area (Å²) in [5.74, 6) is 0.00385. The largest absolute Gasteiger partial charge is 0.368 e. The fourth-order valence-electron chi connectivity index (χ4n) is 2.94. The van der Waals surface area contributed by atoms with Gasteiger partial charge in [-0.15, -0.1) is 4.91 Å². The van der Waals surface area contributed by atoms with Crippen molar-refractivity contribution in [1.82, 2.24) is 4.90 Å². The lowest BCUT2D eigenvalue weighted by Crippen LogP contribution is -2.48. The third-order valence-electron chi connectivity index (χ3n) is 4.37. The number of carbonyl (C=O) groups excluding carboxylic acids is 1. The van der Waals surface area contributed by atoms with Crippen molar-refractivity contribution >= 4 is 23.4 Å². The summed E-state index contributed by atoms with van der Waals surface area (Å²) in [6.07, 6.45) is 6.79. The summed E-state index contributed by atoms with van der Waals surface area (Å²) in [6, 6.07) is 17.3. The number of nitrogens with zero attached hydrogens (tertiary/aromatic N) is 3. The Bertz CT molecular complexity index is 807. The number of rotatable bonds is 5. The molecular weight excluding hydrogens is 326 g/mol. The smallest absolute Gasteiger partial charge is 0.246 e. The molecule has 0 atom stereocenters. The lowest BCUT2D eigenvalue weighted by atomic mass is 10.1. The van der Waals surface area contributed by atoms with Crippen molar-refractivity contribution in [1.29, 1.82) is 0 Å². The third-order valence-corrected chi connectivity index (χ3v) is 4.37. The van der Waals surface area contributed by atoms with Crippen LogP contribution in [0.1, 0.15) is 5.56 Å². The van der Waals surface area contributed by atoms with Crippen LogP contribution in [0.4, 0.5) is 11.4 Å². The maximum atomic E-state index is 12.3. The summed E-state index contributed by atoms with van der Waals surface area (Å²) in [4.78, 5) is 27.2. The molecule has 0 unspecified atom stereocenters. The van der Waals surface area contributed by atoms with Gasteiger partial charge in [0.1, 0.15) is 5.69 Å². The van der Waals surface area contributed by atoms with Gasteiger partial charge in [0.2, 0.25) is 5.91 Å². The van der Waals surface area contributed by atoms with E-state index in [9.17, 15) is 9.70 Å². The summed E-state index contributed by atoms with van der Waals surface area (Å²) < 4.78 is 0. The predicted octanol–water partition coefficient (Wildman–Crippen LogP) is 4.00. The normalized spacial score (nSPS) is 14.9. The summed E-state index contributed by atoms with van der Waals surface area (Å²) in [7, 11) is 0. The van der Waals surface area contributed by atoms with Crippen LogP contribution in [0.25, 0.3) is 6.08 Å². The van der Waals surface area contributed by atoms with Crippen molar-refractivity contribution in [3.05, 3.63) is 83.3 Å². The zero-order valence-electron chi connectivity index (χ0n) is 14.5. The first-order valence-electron chi connectivity index (χ1n) is 8.64. The minimum absolute atomic E-state index is 0.00385. The zero-order valence-corrected chi connectivity index (χ0v) is 14.5. The van der Waals surface area contributed by atoms with E-state index in [1.807, 2.05) is 35.2 Å². The van der Waals surface area contributed by atoms with Crippen molar-refractivity contribution in [3.63, 3.8) is 0 Å². The lowest BCUT2D eigenvalue weighted by molar-refractivity contribution is -0.126. The van der Waals surface area contributed by atoms with Crippen LogP contribution in [0, 0.1) is 4.91 Å². The molecule has 1 fully saturated rings. The van der Waals surface area contributed by atoms with Gasteiger partial charge in [-0.3, -0.25) is 4.79 Å². The standard InChI is InChI=1S/C21H21N3O2/c25-21(13-7-5-9-18-8-4-6-12-20(18)22-26)24-16-14-23(15-17-24)19-10-2-1-3-11-19/h1-13H,14-17H2/b9-5+,13-7+. The van der Waals surface area contributed by atoms with Gasteiger partial charge in [-0.05, 0) is 23.4 Å². The van der Waals surface area contributed by atoms with Crippen LogP contribution in [0.2, 0.25) is 0 Å². The zero-order chi connectivity index (χ0) is 18.2.